The fraction of sp³-hybridized carbons (Fsp3) is 0.250. The third-order valence-electron chi connectivity index (χ3n) is 3.19. The molecule has 0 saturated carbocycles. The molecule has 8 heteroatoms. The molecule has 1 aromatic heterocycles. The summed E-state index contributed by atoms with van der Waals surface area (Å²) in [5.74, 6) is -1.08. The molecule has 0 aliphatic carbocycles. The van der Waals surface area contributed by atoms with E-state index in [-0.39, 0.29) is 10.5 Å². The van der Waals surface area contributed by atoms with Crippen molar-refractivity contribution in [3.05, 3.63) is 52.2 Å². The summed E-state index contributed by atoms with van der Waals surface area (Å²) in [5, 5.41) is 4.59. The molecule has 0 aliphatic heterocycles. The number of hydrogen-bond acceptors (Lipinski definition) is 6. The van der Waals surface area contributed by atoms with Crippen LogP contribution in [0.15, 0.2) is 46.7 Å². The van der Waals surface area contributed by atoms with Crippen LogP contribution in [-0.4, -0.2) is 32.7 Å². The second-order valence-electron chi connectivity index (χ2n) is 5.14. The summed E-state index contributed by atoms with van der Waals surface area (Å²) in [5.41, 5.74) is 0.181. The maximum Gasteiger partial charge on any atom is 0.338 e. The van der Waals surface area contributed by atoms with E-state index in [1.807, 2.05) is 17.5 Å². The first-order valence-electron chi connectivity index (χ1n) is 7.08. The number of carbonyl (C=O) groups excluding carboxylic acids is 2. The molecule has 6 nitrogen and oxygen atoms in total. The number of benzene rings is 1. The van der Waals surface area contributed by atoms with Crippen LogP contribution in [-0.2, 0) is 25.9 Å². The number of sulfone groups is 1. The molecule has 0 spiro atoms. The standard InChI is InChI=1S/C16H17NO5S2/c1-11(15(18)17-10-13-4-3-9-23-13)22-16(19)12-5-7-14(8-6-12)24(2,20)21/h3-9,11H,10H2,1-2H3,(H,17,18)/t11-/m1/s1. The first-order chi connectivity index (χ1) is 11.3. The van der Waals surface area contributed by atoms with Crippen molar-refractivity contribution >= 4 is 33.1 Å². The molecule has 1 N–H and O–H groups in total. The van der Waals surface area contributed by atoms with E-state index in [1.165, 1.54) is 42.5 Å². The Labute approximate surface area is 144 Å². The van der Waals surface area contributed by atoms with Crippen LogP contribution in [0.4, 0.5) is 0 Å². The molecule has 0 unspecified atom stereocenters. The highest BCUT2D eigenvalue weighted by Gasteiger charge is 2.19. The lowest BCUT2D eigenvalue weighted by atomic mass is 10.2. The fourth-order valence-corrected chi connectivity index (χ4v) is 3.13. The Morgan fingerprint density at radius 3 is 2.42 bits per heavy atom. The Bertz CT molecular complexity index is 811. The molecule has 0 radical (unpaired) electrons. The van der Waals surface area contributed by atoms with Crippen molar-refractivity contribution in [2.75, 3.05) is 6.26 Å². The van der Waals surface area contributed by atoms with Crippen LogP contribution >= 0.6 is 11.3 Å². The fourth-order valence-electron chi connectivity index (χ4n) is 1.85. The van der Waals surface area contributed by atoms with Crippen molar-refractivity contribution in [2.45, 2.75) is 24.5 Å². The van der Waals surface area contributed by atoms with E-state index in [0.717, 1.165) is 11.1 Å². The number of esters is 1. The minimum absolute atomic E-state index is 0.112. The molecular weight excluding hydrogens is 350 g/mol. The van der Waals surface area contributed by atoms with E-state index in [2.05, 4.69) is 5.32 Å². The lowest BCUT2D eigenvalue weighted by Crippen LogP contribution is -2.35. The van der Waals surface area contributed by atoms with Crippen molar-refractivity contribution in [1.29, 1.82) is 0 Å². The Kier molecular flexibility index (Phi) is 5.74. The number of amides is 1. The summed E-state index contributed by atoms with van der Waals surface area (Å²) < 4.78 is 27.9. The Morgan fingerprint density at radius 2 is 1.88 bits per heavy atom. The molecule has 1 aromatic carbocycles. The van der Waals surface area contributed by atoms with Gasteiger partial charge < -0.3 is 10.1 Å². The van der Waals surface area contributed by atoms with Gasteiger partial charge >= 0.3 is 5.97 Å². The molecule has 2 aromatic rings. The van der Waals surface area contributed by atoms with E-state index in [9.17, 15) is 18.0 Å². The van der Waals surface area contributed by atoms with E-state index in [4.69, 9.17) is 4.74 Å². The molecule has 24 heavy (non-hydrogen) atoms. The van der Waals surface area contributed by atoms with Gasteiger partial charge in [-0.15, -0.1) is 11.3 Å². The number of thiophene rings is 1. The van der Waals surface area contributed by atoms with Gasteiger partial charge in [-0.05, 0) is 42.6 Å². The third-order valence-corrected chi connectivity index (χ3v) is 5.19. The van der Waals surface area contributed by atoms with E-state index >= 15 is 0 Å². The number of carbonyl (C=O) groups is 2. The van der Waals surface area contributed by atoms with Crippen LogP contribution in [0.2, 0.25) is 0 Å². The normalized spacial score (nSPS) is 12.4. The highest BCUT2D eigenvalue weighted by atomic mass is 32.2. The van der Waals surface area contributed by atoms with Crippen molar-refractivity contribution in [2.24, 2.45) is 0 Å². The average molecular weight is 367 g/mol. The second-order valence-corrected chi connectivity index (χ2v) is 8.19. The minimum Gasteiger partial charge on any atom is -0.449 e. The van der Waals surface area contributed by atoms with Gasteiger partial charge in [-0.2, -0.15) is 0 Å². The van der Waals surface area contributed by atoms with Crippen LogP contribution in [0.3, 0.4) is 0 Å². The monoisotopic (exact) mass is 367 g/mol. The zero-order valence-corrected chi connectivity index (χ0v) is 14.8. The molecular formula is C16H17NO5S2. The highest BCUT2D eigenvalue weighted by molar-refractivity contribution is 7.90. The molecule has 0 bridgehead atoms. The number of nitrogens with one attached hydrogen (secondary N) is 1. The van der Waals surface area contributed by atoms with E-state index in [1.54, 1.807) is 0 Å². The van der Waals surface area contributed by atoms with Crippen LogP contribution in [0.1, 0.15) is 22.2 Å². The molecule has 0 saturated heterocycles. The van der Waals surface area contributed by atoms with Gasteiger partial charge in [0.15, 0.2) is 15.9 Å². The largest absolute Gasteiger partial charge is 0.449 e. The first kappa shape index (κ1) is 18.2. The summed E-state index contributed by atoms with van der Waals surface area (Å²) in [6.45, 7) is 1.86. The van der Waals surface area contributed by atoms with Crippen LogP contribution in [0, 0.1) is 0 Å². The van der Waals surface area contributed by atoms with Gasteiger partial charge in [0, 0.05) is 11.1 Å². The molecule has 1 heterocycles. The quantitative estimate of drug-likeness (QED) is 0.789. The van der Waals surface area contributed by atoms with Crippen molar-refractivity contribution < 1.29 is 22.7 Å². The topological polar surface area (TPSA) is 89.5 Å². The van der Waals surface area contributed by atoms with Crippen molar-refractivity contribution in [3.63, 3.8) is 0 Å². The van der Waals surface area contributed by atoms with Crippen molar-refractivity contribution in [3.8, 4) is 0 Å². The highest BCUT2D eigenvalue weighted by Crippen LogP contribution is 2.12. The van der Waals surface area contributed by atoms with Gasteiger partial charge in [0.1, 0.15) is 0 Å². The Hall–Kier alpha value is -2.19. The molecule has 0 fully saturated rings. The van der Waals surface area contributed by atoms with Gasteiger partial charge in [-0.25, -0.2) is 13.2 Å². The summed E-state index contributed by atoms with van der Waals surface area (Å²) in [6.07, 6.45) is 0.132. The van der Waals surface area contributed by atoms with E-state index in [0.29, 0.717) is 6.54 Å². The van der Waals surface area contributed by atoms with Gasteiger partial charge in [0.25, 0.3) is 5.91 Å². The Morgan fingerprint density at radius 1 is 1.21 bits per heavy atom. The van der Waals surface area contributed by atoms with Gasteiger partial charge in [0.2, 0.25) is 0 Å². The zero-order chi connectivity index (χ0) is 17.7. The van der Waals surface area contributed by atoms with Crippen LogP contribution in [0.25, 0.3) is 0 Å². The smallest absolute Gasteiger partial charge is 0.338 e. The molecule has 128 valence electrons. The van der Waals surface area contributed by atoms with Gasteiger partial charge in [-0.1, -0.05) is 6.07 Å². The molecule has 1 amide bonds. The molecule has 0 aliphatic rings. The summed E-state index contributed by atoms with van der Waals surface area (Å²) in [4.78, 5) is 25.0. The zero-order valence-electron chi connectivity index (χ0n) is 13.2. The average Bonchev–Trinajstić information content (AvgIpc) is 3.05. The summed E-state index contributed by atoms with van der Waals surface area (Å²) in [6, 6.07) is 9.14. The predicted molar refractivity (Wildman–Crippen MR) is 90.6 cm³/mol. The molecule has 1 atom stereocenters. The van der Waals surface area contributed by atoms with Gasteiger partial charge in [0.05, 0.1) is 17.0 Å². The lowest BCUT2D eigenvalue weighted by molar-refractivity contribution is -0.129. The predicted octanol–water partition coefficient (Wildman–Crippen LogP) is 2.01. The van der Waals surface area contributed by atoms with E-state index < -0.39 is 27.8 Å². The van der Waals surface area contributed by atoms with Crippen LogP contribution < -0.4 is 5.32 Å². The maximum atomic E-state index is 12.0. The van der Waals surface area contributed by atoms with Crippen LogP contribution in [0.5, 0.6) is 0 Å². The number of rotatable bonds is 6. The first-order valence-corrected chi connectivity index (χ1v) is 9.85. The summed E-state index contributed by atoms with van der Waals surface area (Å²) in [7, 11) is -3.33. The second kappa shape index (κ2) is 7.59. The van der Waals surface area contributed by atoms with Crippen molar-refractivity contribution in [1.82, 2.24) is 5.32 Å². The maximum absolute atomic E-state index is 12.0. The number of ether oxygens (including phenoxy) is 1. The van der Waals surface area contributed by atoms with Gasteiger partial charge in [-0.3, -0.25) is 4.79 Å². The molecule has 2 rings (SSSR count). The number of hydrogen-bond donors (Lipinski definition) is 1. The third kappa shape index (κ3) is 4.90. The Balaban J connectivity index is 1.92. The lowest BCUT2D eigenvalue weighted by Gasteiger charge is -2.13. The summed E-state index contributed by atoms with van der Waals surface area (Å²) >= 11 is 1.52. The minimum atomic E-state index is -3.33. The SMILES string of the molecule is C[C@@H](OC(=O)c1ccc(S(C)(=O)=O)cc1)C(=O)NCc1cccs1.